The summed E-state index contributed by atoms with van der Waals surface area (Å²) in [5.74, 6) is 7.17. The van der Waals surface area contributed by atoms with Crippen molar-refractivity contribution in [2.45, 2.75) is 153 Å². The summed E-state index contributed by atoms with van der Waals surface area (Å²) in [6, 6.07) is 25.0. The first-order chi connectivity index (χ1) is 21.7. The zero-order valence-electron chi connectivity index (χ0n) is 29.9. The van der Waals surface area contributed by atoms with Gasteiger partial charge in [0.1, 0.15) is 0 Å². The van der Waals surface area contributed by atoms with E-state index >= 15 is 0 Å². The van der Waals surface area contributed by atoms with Crippen LogP contribution in [0, 0.1) is 35.5 Å². The van der Waals surface area contributed by atoms with Gasteiger partial charge in [-0.1, -0.05) is 132 Å². The van der Waals surface area contributed by atoms with Gasteiger partial charge in [0, 0.05) is 6.61 Å². The van der Waals surface area contributed by atoms with Crippen LogP contribution in [0.1, 0.15) is 135 Å². The van der Waals surface area contributed by atoms with Crippen molar-refractivity contribution in [3.05, 3.63) is 71.8 Å². The van der Waals surface area contributed by atoms with Gasteiger partial charge in [-0.2, -0.15) is 0 Å². The summed E-state index contributed by atoms with van der Waals surface area (Å²) < 4.78 is 6.09. The van der Waals surface area contributed by atoms with Crippen molar-refractivity contribution in [2.75, 3.05) is 6.61 Å². The maximum absolute atomic E-state index is 6.09. The molecule has 4 aliphatic carbocycles. The first-order valence-corrected chi connectivity index (χ1v) is 22.3. The lowest BCUT2D eigenvalue weighted by Crippen LogP contribution is -2.49. The highest BCUT2D eigenvalue weighted by molar-refractivity contribution is 6.81. The van der Waals surface area contributed by atoms with Crippen LogP contribution in [0.2, 0.25) is 23.7 Å². The maximum Gasteiger partial charge on any atom is 0.0598 e. The third-order valence-corrected chi connectivity index (χ3v) is 20.3. The van der Waals surface area contributed by atoms with Gasteiger partial charge >= 0.3 is 0 Å². The second-order valence-corrected chi connectivity index (χ2v) is 22.5. The lowest BCUT2D eigenvalue weighted by Gasteiger charge is -2.51. The number of fused-ring (bicyclic) bond motifs is 2. The molecule has 0 spiro atoms. The van der Waals surface area contributed by atoms with Crippen LogP contribution in [0.4, 0.5) is 0 Å². The molecule has 45 heavy (non-hydrogen) atoms. The second kappa shape index (κ2) is 14.4. The van der Waals surface area contributed by atoms with Gasteiger partial charge < -0.3 is 4.74 Å². The van der Waals surface area contributed by atoms with Crippen LogP contribution in [0.15, 0.2) is 60.7 Å². The monoisotopic (exact) mass is 626 g/mol. The first kappa shape index (κ1) is 33.5. The number of unbranched alkanes of at least 4 members (excludes halogenated alkanes) is 3. The molecular formula is C43H66OSi. The summed E-state index contributed by atoms with van der Waals surface area (Å²) in [4.78, 5) is 0. The average molecular weight is 627 g/mol. The smallest absolute Gasteiger partial charge is 0.0598 e. The molecule has 10 atom stereocenters. The molecule has 248 valence electrons. The molecule has 0 bridgehead atoms. The highest BCUT2D eigenvalue weighted by atomic mass is 28.3. The van der Waals surface area contributed by atoms with Gasteiger partial charge in [-0.15, -0.1) is 0 Å². The largest absolute Gasteiger partial charge is 0.376 e. The Morgan fingerprint density at radius 3 is 1.56 bits per heavy atom. The number of hydrogen-bond acceptors (Lipinski definition) is 1. The topological polar surface area (TPSA) is 9.23 Å². The van der Waals surface area contributed by atoms with Gasteiger partial charge in [0.05, 0.1) is 13.7 Å². The van der Waals surface area contributed by atoms with Crippen LogP contribution in [0.3, 0.4) is 0 Å². The molecule has 1 nitrogen and oxygen atoms in total. The molecule has 0 aromatic heterocycles. The quantitative estimate of drug-likeness (QED) is 0.178. The normalized spacial score (nSPS) is 36.3. The summed E-state index contributed by atoms with van der Waals surface area (Å²) >= 11 is 0. The van der Waals surface area contributed by atoms with Crippen LogP contribution < -0.4 is 0 Å². The van der Waals surface area contributed by atoms with Gasteiger partial charge in [-0.25, -0.2) is 0 Å². The van der Waals surface area contributed by atoms with Gasteiger partial charge in [0.25, 0.3) is 0 Å². The maximum atomic E-state index is 6.09. The van der Waals surface area contributed by atoms with Crippen LogP contribution in [0.25, 0.3) is 0 Å². The minimum absolute atomic E-state index is 0.00893. The molecule has 0 aliphatic heterocycles. The fraction of sp³-hybridized carbons (Fsp3) is 0.721. The van der Waals surface area contributed by atoms with E-state index in [0.717, 1.165) is 65.0 Å². The van der Waals surface area contributed by atoms with E-state index in [0.29, 0.717) is 0 Å². The van der Waals surface area contributed by atoms with Crippen molar-refractivity contribution in [1.82, 2.24) is 0 Å². The number of ether oxygens (including phenoxy) is 1. The summed E-state index contributed by atoms with van der Waals surface area (Å²) in [6.07, 6.45) is 17.2. The molecule has 4 aliphatic rings. The molecule has 0 N–H and O–H groups in total. The Morgan fingerprint density at radius 2 is 1.09 bits per heavy atom. The van der Waals surface area contributed by atoms with Crippen LogP contribution in [-0.4, -0.2) is 20.3 Å². The molecule has 0 radical (unpaired) electrons. The zero-order valence-corrected chi connectivity index (χ0v) is 30.9. The van der Waals surface area contributed by atoms with Gasteiger partial charge in [-0.3, -0.25) is 0 Å². The van der Waals surface area contributed by atoms with E-state index in [-0.39, 0.29) is 5.60 Å². The van der Waals surface area contributed by atoms with Crippen molar-refractivity contribution in [3.63, 3.8) is 0 Å². The molecule has 4 saturated carbocycles. The Balaban J connectivity index is 1.26. The summed E-state index contributed by atoms with van der Waals surface area (Å²) in [5, 5.41) is 0. The summed E-state index contributed by atoms with van der Waals surface area (Å²) in [6.45, 7) is 16.0. The third-order valence-electron chi connectivity index (χ3n) is 13.8. The van der Waals surface area contributed by atoms with E-state index in [1.54, 1.807) is 17.2 Å². The molecular weight excluding hydrogens is 561 g/mol. The standard InChI is InChI=1S/C43H66OSi/c1-31-29-39-35(33-19-11-9-12-20-33)23-17-25-37(39)41(31)45(6,28-16-8-7-15-27-44-43(3,4)5)42-32(2)30-40-36(24-18-26-38(40)42)34-21-13-10-14-22-34/h9-14,19-22,31-32,35-42H,7-8,15-18,23-30H2,1-6H3. The highest BCUT2D eigenvalue weighted by Gasteiger charge is 2.61. The number of hydrogen-bond donors (Lipinski definition) is 0. The fourth-order valence-corrected chi connectivity index (χ4v) is 20.3. The van der Waals surface area contributed by atoms with Crippen molar-refractivity contribution in [2.24, 2.45) is 35.5 Å². The summed E-state index contributed by atoms with van der Waals surface area (Å²) in [5.41, 5.74) is 5.31. The Morgan fingerprint density at radius 1 is 0.622 bits per heavy atom. The van der Waals surface area contributed by atoms with Gasteiger partial charge in [0.15, 0.2) is 0 Å². The number of benzene rings is 2. The predicted molar refractivity (Wildman–Crippen MR) is 196 cm³/mol. The molecule has 2 heteroatoms. The average Bonchev–Trinajstić information content (AvgIpc) is 3.56. The van der Waals surface area contributed by atoms with Crippen LogP contribution in [-0.2, 0) is 4.74 Å². The minimum Gasteiger partial charge on any atom is -0.376 e. The van der Waals surface area contributed by atoms with Crippen molar-refractivity contribution in [1.29, 1.82) is 0 Å². The fourth-order valence-electron chi connectivity index (χ4n) is 12.6. The lowest BCUT2D eigenvalue weighted by molar-refractivity contribution is -0.00471. The second-order valence-electron chi connectivity index (χ2n) is 17.7. The Kier molecular flexibility index (Phi) is 10.7. The molecule has 2 aromatic carbocycles. The third kappa shape index (κ3) is 7.23. The minimum atomic E-state index is -1.62. The number of rotatable bonds is 11. The first-order valence-electron chi connectivity index (χ1n) is 19.4. The van der Waals surface area contributed by atoms with Crippen LogP contribution >= 0.6 is 0 Å². The van der Waals surface area contributed by atoms with Crippen molar-refractivity contribution < 1.29 is 4.74 Å². The Labute approximate surface area is 278 Å². The SMILES string of the molecule is CC1CC2C(c3ccccc3)CCCC2C1[Si](C)(CCCCCCOC(C)(C)C)C1C(C)CC2C(c3ccccc3)CCCC21. The summed E-state index contributed by atoms with van der Waals surface area (Å²) in [7, 11) is -1.62. The van der Waals surface area contributed by atoms with E-state index in [2.05, 4.69) is 102 Å². The Hall–Kier alpha value is -1.38. The Bertz CT molecular complexity index is 1110. The van der Waals surface area contributed by atoms with Crippen molar-refractivity contribution in [3.8, 4) is 0 Å². The van der Waals surface area contributed by atoms with E-state index in [1.807, 2.05) is 0 Å². The van der Waals surface area contributed by atoms with Gasteiger partial charge in [0.2, 0.25) is 0 Å². The lowest BCUT2D eigenvalue weighted by atomic mass is 9.71. The van der Waals surface area contributed by atoms with E-state index in [9.17, 15) is 0 Å². The zero-order chi connectivity index (χ0) is 31.6. The molecule has 0 amide bonds. The van der Waals surface area contributed by atoms with Gasteiger partial charge in [-0.05, 0) is 122 Å². The molecule has 4 fully saturated rings. The molecule has 0 heterocycles. The highest BCUT2D eigenvalue weighted by Crippen LogP contribution is 2.68. The van der Waals surface area contributed by atoms with E-state index < -0.39 is 8.07 Å². The van der Waals surface area contributed by atoms with E-state index in [1.165, 1.54) is 77.0 Å². The van der Waals surface area contributed by atoms with Crippen LogP contribution in [0.5, 0.6) is 0 Å². The predicted octanol–water partition coefficient (Wildman–Crippen LogP) is 12.7. The molecule has 6 rings (SSSR count). The van der Waals surface area contributed by atoms with Crippen molar-refractivity contribution >= 4 is 8.07 Å². The molecule has 2 aromatic rings. The molecule has 0 saturated heterocycles. The molecule has 10 unspecified atom stereocenters. The van der Waals surface area contributed by atoms with E-state index in [4.69, 9.17) is 4.74 Å².